The summed E-state index contributed by atoms with van der Waals surface area (Å²) in [6, 6.07) is 0.647. The predicted molar refractivity (Wildman–Crippen MR) is 78.9 cm³/mol. The Morgan fingerprint density at radius 3 is 2.44 bits per heavy atom. The molecule has 2 fully saturated rings. The molecule has 18 heavy (non-hydrogen) atoms. The second-order valence-corrected chi connectivity index (χ2v) is 7.67. The van der Waals surface area contributed by atoms with Gasteiger partial charge in [0.05, 0.1) is 0 Å². The summed E-state index contributed by atoms with van der Waals surface area (Å²) in [5.41, 5.74) is 1.05. The molecule has 0 bridgehead atoms. The number of rotatable bonds is 3. The Hall–Kier alpha value is -0.0800. The van der Waals surface area contributed by atoms with E-state index in [-0.39, 0.29) is 0 Å². The molecule has 0 spiro atoms. The van der Waals surface area contributed by atoms with Crippen LogP contribution in [0.2, 0.25) is 0 Å². The van der Waals surface area contributed by atoms with E-state index in [4.69, 9.17) is 0 Å². The minimum Gasteiger partial charge on any atom is -0.312 e. The molecular formula is C16H32N2. The van der Waals surface area contributed by atoms with E-state index in [9.17, 15) is 0 Å². The SMILES string of the molecule is CCC1(CN2CCCNC(C(C)(C)C)C2)CCC1. The first-order chi connectivity index (χ1) is 8.45. The summed E-state index contributed by atoms with van der Waals surface area (Å²) in [5, 5.41) is 3.75. The van der Waals surface area contributed by atoms with Gasteiger partial charge in [-0.25, -0.2) is 0 Å². The van der Waals surface area contributed by atoms with Crippen LogP contribution in [-0.4, -0.2) is 37.1 Å². The fourth-order valence-electron chi connectivity index (χ4n) is 3.49. The first kappa shape index (κ1) is 14.3. The largest absolute Gasteiger partial charge is 0.312 e. The third kappa shape index (κ3) is 3.27. The summed E-state index contributed by atoms with van der Waals surface area (Å²) in [4.78, 5) is 2.75. The summed E-state index contributed by atoms with van der Waals surface area (Å²) >= 11 is 0. The molecule has 1 atom stereocenters. The number of nitrogens with zero attached hydrogens (tertiary/aromatic N) is 1. The highest BCUT2D eigenvalue weighted by atomic mass is 15.2. The molecule has 1 aliphatic heterocycles. The van der Waals surface area contributed by atoms with Crippen molar-refractivity contribution in [2.45, 2.75) is 65.8 Å². The van der Waals surface area contributed by atoms with Crippen molar-refractivity contribution in [3.8, 4) is 0 Å². The Labute approximate surface area is 114 Å². The Morgan fingerprint density at radius 2 is 1.94 bits per heavy atom. The van der Waals surface area contributed by atoms with Crippen molar-refractivity contribution in [2.24, 2.45) is 10.8 Å². The Bertz CT molecular complexity index is 257. The summed E-state index contributed by atoms with van der Waals surface area (Å²) in [5.74, 6) is 0. The lowest BCUT2D eigenvalue weighted by atomic mass is 9.66. The molecular weight excluding hydrogens is 220 g/mol. The topological polar surface area (TPSA) is 15.3 Å². The van der Waals surface area contributed by atoms with Crippen LogP contribution >= 0.6 is 0 Å². The maximum Gasteiger partial charge on any atom is 0.0243 e. The fraction of sp³-hybridized carbons (Fsp3) is 1.00. The molecule has 1 saturated carbocycles. The quantitative estimate of drug-likeness (QED) is 0.829. The first-order valence-corrected chi connectivity index (χ1v) is 7.91. The van der Waals surface area contributed by atoms with Gasteiger partial charge in [-0.1, -0.05) is 34.1 Å². The average molecular weight is 252 g/mol. The maximum atomic E-state index is 3.75. The lowest BCUT2D eigenvalue weighted by Gasteiger charge is -2.45. The summed E-state index contributed by atoms with van der Waals surface area (Å²) in [7, 11) is 0. The van der Waals surface area contributed by atoms with E-state index in [1.165, 1.54) is 58.3 Å². The van der Waals surface area contributed by atoms with E-state index < -0.39 is 0 Å². The molecule has 0 radical (unpaired) electrons. The predicted octanol–water partition coefficient (Wildman–Crippen LogP) is 3.28. The smallest absolute Gasteiger partial charge is 0.0243 e. The Morgan fingerprint density at radius 1 is 1.22 bits per heavy atom. The zero-order valence-electron chi connectivity index (χ0n) is 12.9. The van der Waals surface area contributed by atoms with Gasteiger partial charge in [-0.15, -0.1) is 0 Å². The van der Waals surface area contributed by atoms with E-state index in [0.29, 0.717) is 16.9 Å². The first-order valence-electron chi connectivity index (χ1n) is 7.91. The molecule has 2 nitrogen and oxygen atoms in total. The molecule has 1 N–H and O–H groups in total. The molecule has 1 saturated heterocycles. The van der Waals surface area contributed by atoms with Gasteiger partial charge in [0.15, 0.2) is 0 Å². The highest BCUT2D eigenvalue weighted by Gasteiger charge is 2.38. The number of nitrogens with one attached hydrogen (secondary N) is 1. The second kappa shape index (κ2) is 5.50. The van der Waals surface area contributed by atoms with Crippen molar-refractivity contribution in [2.75, 3.05) is 26.2 Å². The molecule has 0 amide bonds. The maximum absolute atomic E-state index is 3.75. The molecule has 106 valence electrons. The Balaban J connectivity index is 1.95. The lowest BCUT2D eigenvalue weighted by Crippen LogP contribution is -2.49. The highest BCUT2D eigenvalue weighted by Crippen LogP contribution is 2.44. The summed E-state index contributed by atoms with van der Waals surface area (Å²) in [6.45, 7) is 14.6. The monoisotopic (exact) mass is 252 g/mol. The van der Waals surface area contributed by atoms with Gasteiger partial charge in [-0.05, 0) is 49.6 Å². The van der Waals surface area contributed by atoms with Crippen LogP contribution in [0.5, 0.6) is 0 Å². The normalized spacial score (nSPS) is 29.7. The van der Waals surface area contributed by atoms with Crippen LogP contribution in [0.25, 0.3) is 0 Å². The van der Waals surface area contributed by atoms with E-state index in [1.807, 2.05) is 0 Å². The van der Waals surface area contributed by atoms with Gasteiger partial charge in [0.2, 0.25) is 0 Å². The van der Waals surface area contributed by atoms with Gasteiger partial charge in [0, 0.05) is 19.1 Å². The summed E-state index contributed by atoms with van der Waals surface area (Å²) in [6.07, 6.45) is 7.08. The molecule has 1 aliphatic carbocycles. The molecule has 1 unspecified atom stereocenters. The van der Waals surface area contributed by atoms with Crippen LogP contribution in [0.4, 0.5) is 0 Å². The van der Waals surface area contributed by atoms with Crippen LogP contribution in [0.3, 0.4) is 0 Å². The van der Waals surface area contributed by atoms with Gasteiger partial charge in [-0.3, -0.25) is 0 Å². The highest BCUT2D eigenvalue weighted by molar-refractivity contribution is 4.92. The van der Waals surface area contributed by atoms with Crippen LogP contribution < -0.4 is 5.32 Å². The molecule has 1 heterocycles. The van der Waals surface area contributed by atoms with E-state index in [1.54, 1.807) is 0 Å². The van der Waals surface area contributed by atoms with Crippen LogP contribution in [0.15, 0.2) is 0 Å². The van der Waals surface area contributed by atoms with Gasteiger partial charge < -0.3 is 10.2 Å². The molecule has 2 aliphatic rings. The van der Waals surface area contributed by atoms with Crippen LogP contribution in [0.1, 0.15) is 59.8 Å². The Kier molecular flexibility index (Phi) is 4.38. The molecule has 2 rings (SSSR count). The minimum absolute atomic E-state index is 0.377. The molecule has 0 aromatic rings. The molecule has 0 aromatic carbocycles. The lowest BCUT2D eigenvalue weighted by molar-refractivity contribution is 0.0550. The third-order valence-corrected chi connectivity index (χ3v) is 5.25. The van der Waals surface area contributed by atoms with Gasteiger partial charge >= 0.3 is 0 Å². The standard InChI is InChI=1S/C16H32N2/c1-5-16(8-6-9-16)13-18-11-7-10-17-14(12-18)15(2,3)4/h14,17H,5-13H2,1-4H3. The fourth-order valence-corrected chi connectivity index (χ4v) is 3.49. The average Bonchev–Trinajstić information content (AvgIpc) is 2.48. The van der Waals surface area contributed by atoms with Gasteiger partial charge in [0.1, 0.15) is 0 Å². The number of hydrogen-bond acceptors (Lipinski definition) is 2. The third-order valence-electron chi connectivity index (χ3n) is 5.25. The second-order valence-electron chi connectivity index (χ2n) is 7.67. The van der Waals surface area contributed by atoms with E-state index in [2.05, 4.69) is 37.9 Å². The minimum atomic E-state index is 0.377. The zero-order valence-corrected chi connectivity index (χ0v) is 12.9. The van der Waals surface area contributed by atoms with Crippen molar-refractivity contribution in [1.29, 1.82) is 0 Å². The molecule has 2 heteroatoms. The van der Waals surface area contributed by atoms with Crippen molar-refractivity contribution in [1.82, 2.24) is 10.2 Å². The molecule has 0 aromatic heterocycles. The van der Waals surface area contributed by atoms with Crippen molar-refractivity contribution in [3.05, 3.63) is 0 Å². The van der Waals surface area contributed by atoms with E-state index >= 15 is 0 Å². The van der Waals surface area contributed by atoms with E-state index in [0.717, 1.165) is 0 Å². The van der Waals surface area contributed by atoms with Gasteiger partial charge in [-0.2, -0.15) is 0 Å². The van der Waals surface area contributed by atoms with Crippen LogP contribution in [-0.2, 0) is 0 Å². The van der Waals surface area contributed by atoms with Gasteiger partial charge in [0.25, 0.3) is 0 Å². The van der Waals surface area contributed by atoms with Crippen LogP contribution in [0, 0.1) is 10.8 Å². The van der Waals surface area contributed by atoms with Crippen molar-refractivity contribution < 1.29 is 0 Å². The summed E-state index contributed by atoms with van der Waals surface area (Å²) < 4.78 is 0. The number of hydrogen-bond donors (Lipinski definition) is 1. The van der Waals surface area contributed by atoms with Crippen molar-refractivity contribution >= 4 is 0 Å². The van der Waals surface area contributed by atoms with Crippen molar-refractivity contribution in [3.63, 3.8) is 0 Å². The zero-order chi connectivity index (χ0) is 13.2.